The van der Waals surface area contributed by atoms with E-state index in [2.05, 4.69) is 0 Å². The summed E-state index contributed by atoms with van der Waals surface area (Å²) in [5.74, 6) is 0.342. The number of halogens is 4. The summed E-state index contributed by atoms with van der Waals surface area (Å²) in [6.45, 7) is -1.43. The second-order valence-corrected chi connectivity index (χ2v) is 8.22. The molecule has 20 heavy (non-hydrogen) atoms. The van der Waals surface area contributed by atoms with Crippen LogP contribution in [-0.2, 0) is 16.4 Å². The Morgan fingerprint density at radius 1 is 1.35 bits per heavy atom. The Kier molecular flexibility index (Phi) is 4.68. The van der Waals surface area contributed by atoms with Crippen LogP contribution in [0.3, 0.4) is 0 Å². The van der Waals surface area contributed by atoms with Crippen LogP contribution in [0.25, 0.3) is 0 Å². The van der Waals surface area contributed by atoms with E-state index < -0.39 is 28.8 Å². The van der Waals surface area contributed by atoms with Crippen molar-refractivity contribution in [3.63, 3.8) is 0 Å². The first-order valence-corrected chi connectivity index (χ1v) is 8.76. The van der Waals surface area contributed by atoms with Gasteiger partial charge in [0.25, 0.3) is 10.0 Å². The Morgan fingerprint density at radius 3 is 2.50 bits per heavy atom. The van der Waals surface area contributed by atoms with Gasteiger partial charge in [-0.05, 0) is 31.4 Å². The number of alkyl halides is 4. The van der Waals surface area contributed by atoms with Crippen molar-refractivity contribution in [1.82, 2.24) is 4.31 Å². The van der Waals surface area contributed by atoms with E-state index in [-0.39, 0.29) is 4.21 Å². The predicted molar refractivity (Wildman–Crippen MR) is 71.7 cm³/mol. The summed E-state index contributed by atoms with van der Waals surface area (Å²) in [4.78, 5) is 0.751. The summed E-state index contributed by atoms with van der Waals surface area (Å²) >= 11 is 6.55. The zero-order valence-electron chi connectivity index (χ0n) is 10.4. The maximum Gasteiger partial charge on any atom is 0.402 e. The smallest absolute Gasteiger partial charge is 0.206 e. The zero-order valence-corrected chi connectivity index (χ0v) is 12.7. The van der Waals surface area contributed by atoms with E-state index >= 15 is 0 Å². The van der Waals surface area contributed by atoms with E-state index in [9.17, 15) is 21.6 Å². The van der Waals surface area contributed by atoms with E-state index in [1.807, 2.05) is 0 Å². The van der Waals surface area contributed by atoms with Crippen molar-refractivity contribution in [3.8, 4) is 0 Å². The molecular formula is C11H13ClF3NO2S2. The van der Waals surface area contributed by atoms with E-state index in [1.54, 1.807) is 6.07 Å². The van der Waals surface area contributed by atoms with Crippen LogP contribution in [0.15, 0.2) is 16.3 Å². The average Bonchev–Trinajstić information content (AvgIpc) is 3.04. The van der Waals surface area contributed by atoms with Gasteiger partial charge < -0.3 is 0 Å². The number of nitrogens with zero attached hydrogens (tertiary/aromatic N) is 1. The van der Waals surface area contributed by atoms with Crippen LogP contribution in [-0.4, -0.2) is 37.4 Å². The van der Waals surface area contributed by atoms with Crippen LogP contribution < -0.4 is 0 Å². The van der Waals surface area contributed by atoms with Crippen molar-refractivity contribution in [1.29, 1.82) is 0 Å². The zero-order chi connectivity index (χ0) is 15.0. The van der Waals surface area contributed by atoms with E-state index in [1.165, 1.54) is 6.07 Å². The molecule has 1 aliphatic rings. The van der Waals surface area contributed by atoms with E-state index in [0.717, 1.165) is 16.2 Å². The van der Waals surface area contributed by atoms with Gasteiger partial charge in [0.2, 0.25) is 0 Å². The molecule has 0 atom stereocenters. The number of rotatable bonds is 6. The molecule has 0 spiro atoms. The lowest BCUT2D eigenvalue weighted by molar-refractivity contribution is -0.136. The minimum Gasteiger partial charge on any atom is -0.206 e. The van der Waals surface area contributed by atoms with Crippen molar-refractivity contribution in [3.05, 3.63) is 17.0 Å². The summed E-state index contributed by atoms with van der Waals surface area (Å²) in [6.07, 6.45) is -3.07. The normalized spacial score (nSPS) is 16.9. The third-order valence-electron chi connectivity index (χ3n) is 2.83. The fourth-order valence-corrected chi connectivity index (χ4v) is 5.26. The molecule has 0 radical (unpaired) electrons. The average molecular weight is 348 g/mol. The molecule has 0 aliphatic heterocycles. The molecule has 1 aromatic heterocycles. The van der Waals surface area contributed by atoms with Crippen LogP contribution in [0.1, 0.15) is 17.7 Å². The number of aryl methyl sites for hydroxylation is 1. The first kappa shape index (κ1) is 16.1. The Bertz CT molecular complexity index is 566. The minimum absolute atomic E-state index is 0.0474. The Morgan fingerprint density at radius 2 is 2.00 bits per heavy atom. The summed E-state index contributed by atoms with van der Waals surface area (Å²) in [5, 5.41) is 0. The third kappa shape index (κ3) is 3.87. The van der Waals surface area contributed by atoms with Gasteiger partial charge in [-0.15, -0.1) is 22.9 Å². The molecule has 1 aliphatic carbocycles. The molecule has 1 fully saturated rings. The molecular weight excluding hydrogens is 335 g/mol. The molecule has 0 aromatic carbocycles. The molecule has 3 nitrogen and oxygen atoms in total. The van der Waals surface area contributed by atoms with Gasteiger partial charge in [-0.1, -0.05) is 0 Å². The second kappa shape index (κ2) is 5.82. The SMILES string of the molecule is O=S(=O)(c1ccc(CCCl)s1)N(CC(F)(F)F)C1CC1. The highest BCUT2D eigenvalue weighted by atomic mass is 35.5. The highest BCUT2D eigenvalue weighted by Crippen LogP contribution is 2.36. The third-order valence-corrected chi connectivity index (χ3v) is 6.53. The summed E-state index contributed by atoms with van der Waals surface area (Å²) in [6, 6.07) is 2.42. The van der Waals surface area contributed by atoms with Crippen molar-refractivity contribution in [2.75, 3.05) is 12.4 Å². The fourth-order valence-electron chi connectivity index (χ4n) is 1.79. The van der Waals surface area contributed by atoms with Crippen LogP contribution >= 0.6 is 22.9 Å². The quantitative estimate of drug-likeness (QED) is 0.741. The first-order chi connectivity index (χ1) is 9.24. The molecule has 0 unspecified atom stereocenters. The molecule has 0 amide bonds. The maximum absolute atomic E-state index is 12.5. The van der Waals surface area contributed by atoms with E-state index in [0.29, 0.717) is 29.4 Å². The largest absolute Gasteiger partial charge is 0.402 e. The van der Waals surface area contributed by atoms with Gasteiger partial charge in [-0.25, -0.2) is 8.42 Å². The fraction of sp³-hybridized carbons (Fsp3) is 0.636. The lowest BCUT2D eigenvalue weighted by atomic mass is 10.4. The highest BCUT2D eigenvalue weighted by molar-refractivity contribution is 7.91. The van der Waals surface area contributed by atoms with Gasteiger partial charge in [-0.2, -0.15) is 17.5 Å². The summed E-state index contributed by atoms with van der Waals surface area (Å²) in [5.41, 5.74) is 0. The summed E-state index contributed by atoms with van der Waals surface area (Å²) < 4.78 is 62.8. The van der Waals surface area contributed by atoms with Gasteiger partial charge in [0, 0.05) is 16.8 Å². The Labute approximate surface area is 124 Å². The van der Waals surface area contributed by atoms with Gasteiger partial charge in [0.15, 0.2) is 0 Å². The predicted octanol–water partition coefficient (Wildman–Crippen LogP) is 3.24. The topological polar surface area (TPSA) is 37.4 Å². The molecule has 2 rings (SSSR count). The Hall–Kier alpha value is -0.310. The van der Waals surface area contributed by atoms with E-state index in [4.69, 9.17) is 11.6 Å². The lowest BCUT2D eigenvalue weighted by Crippen LogP contribution is -2.40. The molecule has 9 heteroatoms. The number of hydrogen-bond acceptors (Lipinski definition) is 3. The standard InChI is InChI=1S/C11H13ClF3NO2S2/c12-6-5-9-3-4-10(19-9)20(17,18)16(8-1-2-8)7-11(13,14)15/h3-4,8H,1-2,5-7H2. The monoisotopic (exact) mass is 347 g/mol. The first-order valence-electron chi connectivity index (χ1n) is 5.97. The molecule has 0 N–H and O–H groups in total. The molecule has 114 valence electrons. The minimum atomic E-state index is -4.54. The summed E-state index contributed by atoms with van der Waals surface area (Å²) in [7, 11) is -4.08. The van der Waals surface area contributed by atoms with Gasteiger partial charge in [0.1, 0.15) is 10.8 Å². The van der Waals surface area contributed by atoms with Crippen molar-refractivity contribution in [2.24, 2.45) is 0 Å². The van der Waals surface area contributed by atoms with Crippen LogP contribution in [0.4, 0.5) is 13.2 Å². The highest BCUT2D eigenvalue weighted by Gasteiger charge is 2.45. The number of thiophene rings is 1. The van der Waals surface area contributed by atoms with Gasteiger partial charge in [-0.3, -0.25) is 0 Å². The Balaban J connectivity index is 2.25. The lowest BCUT2D eigenvalue weighted by Gasteiger charge is -2.22. The van der Waals surface area contributed by atoms with Crippen molar-refractivity contribution >= 4 is 33.0 Å². The molecule has 1 saturated carbocycles. The number of hydrogen-bond donors (Lipinski definition) is 0. The van der Waals surface area contributed by atoms with Crippen molar-refractivity contribution in [2.45, 2.75) is 35.7 Å². The molecule has 0 saturated heterocycles. The maximum atomic E-state index is 12.5. The molecule has 1 heterocycles. The molecule has 0 bridgehead atoms. The number of sulfonamides is 1. The van der Waals surface area contributed by atoms with Crippen LogP contribution in [0.5, 0.6) is 0 Å². The van der Waals surface area contributed by atoms with Gasteiger partial charge >= 0.3 is 6.18 Å². The van der Waals surface area contributed by atoms with Crippen LogP contribution in [0.2, 0.25) is 0 Å². The van der Waals surface area contributed by atoms with Crippen LogP contribution in [0, 0.1) is 0 Å². The molecule has 1 aromatic rings. The van der Waals surface area contributed by atoms with Gasteiger partial charge in [0.05, 0.1) is 0 Å². The second-order valence-electron chi connectivity index (χ2n) is 4.56. The van der Waals surface area contributed by atoms with Crippen molar-refractivity contribution < 1.29 is 21.6 Å².